The van der Waals surface area contributed by atoms with Crippen LogP contribution < -0.4 is 4.90 Å². The summed E-state index contributed by atoms with van der Waals surface area (Å²) >= 11 is 6.46. The van der Waals surface area contributed by atoms with Crippen molar-refractivity contribution in [1.82, 2.24) is 15.2 Å². The maximum absolute atomic E-state index is 6.46. The van der Waals surface area contributed by atoms with Crippen LogP contribution in [0.1, 0.15) is 50.3 Å². The van der Waals surface area contributed by atoms with Gasteiger partial charge in [0.25, 0.3) is 0 Å². The summed E-state index contributed by atoms with van der Waals surface area (Å²) < 4.78 is 0. The van der Waals surface area contributed by atoms with E-state index in [1.165, 1.54) is 24.8 Å². The van der Waals surface area contributed by atoms with Crippen LogP contribution in [0.5, 0.6) is 0 Å². The van der Waals surface area contributed by atoms with Gasteiger partial charge in [0.05, 0.1) is 10.7 Å². The van der Waals surface area contributed by atoms with Crippen LogP contribution in [0.4, 0.5) is 5.82 Å². The predicted molar refractivity (Wildman–Crippen MR) is 113 cm³/mol. The molecule has 0 bridgehead atoms. The van der Waals surface area contributed by atoms with Crippen LogP contribution in [-0.4, -0.2) is 28.3 Å². The number of aromatic nitrogens is 3. The predicted octanol–water partition coefficient (Wildman–Crippen LogP) is 5.77. The normalized spacial score (nSPS) is 14.9. The third-order valence-electron chi connectivity index (χ3n) is 5.36. The van der Waals surface area contributed by atoms with Gasteiger partial charge < -0.3 is 4.90 Å². The highest BCUT2D eigenvalue weighted by molar-refractivity contribution is 6.32. The van der Waals surface area contributed by atoms with E-state index in [4.69, 9.17) is 16.6 Å². The van der Waals surface area contributed by atoms with E-state index in [2.05, 4.69) is 53.2 Å². The first kappa shape index (κ1) is 18.2. The molecule has 0 aliphatic carbocycles. The molecule has 3 heterocycles. The minimum Gasteiger partial charge on any atom is -0.353 e. The van der Waals surface area contributed by atoms with Gasteiger partial charge in [-0.15, -0.1) is 10.2 Å². The maximum atomic E-state index is 6.46. The van der Waals surface area contributed by atoms with E-state index in [1.807, 2.05) is 13.0 Å². The molecule has 4 rings (SSSR count). The number of hydrogen-bond donors (Lipinski definition) is 0. The highest BCUT2D eigenvalue weighted by Gasteiger charge is 2.21. The van der Waals surface area contributed by atoms with Gasteiger partial charge in [-0.2, -0.15) is 0 Å². The summed E-state index contributed by atoms with van der Waals surface area (Å²) in [6, 6.07) is 10.4. The van der Waals surface area contributed by atoms with Crippen molar-refractivity contribution in [2.24, 2.45) is 0 Å². The average Bonchev–Trinajstić information content (AvgIpc) is 2.69. The molecule has 27 heavy (non-hydrogen) atoms. The lowest BCUT2D eigenvalue weighted by Gasteiger charge is -2.28. The van der Waals surface area contributed by atoms with E-state index in [0.717, 1.165) is 46.8 Å². The summed E-state index contributed by atoms with van der Waals surface area (Å²) in [6.07, 6.45) is 3.65. The van der Waals surface area contributed by atoms with Gasteiger partial charge >= 0.3 is 0 Å². The molecule has 140 valence electrons. The molecule has 0 radical (unpaired) electrons. The molecule has 2 aromatic heterocycles. The average molecular weight is 381 g/mol. The van der Waals surface area contributed by atoms with Crippen LogP contribution in [0.2, 0.25) is 5.02 Å². The molecule has 3 aromatic rings. The zero-order valence-electron chi connectivity index (χ0n) is 16.2. The summed E-state index contributed by atoms with van der Waals surface area (Å²) in [5, 5.41) is 11.0. The van der Waals surface area contributed by atoms with Crippen molar-refractivity contribution in [3.8, 4) is 11.3 Å². The highest BCUT2D eigenvalue weighted by Crippen LogP contribution is 2.36. The number of hydrogen-bond acceptors (Lipinski definition) is 4. The van der Waals surface area contributed by atoms with Crippen molar-refractivity contribution >= 4 is 28.3 Å². The standard InChI is InChI=1S/C22H25ClN4/c1-14(2)16-9-5-6-10-17(16)20-18-13-19(23)15(3)24-21(18)22(26-25-20)27-11-7-4-8-12-27/h5-6,9-10,13-14H,4,7-8,11-12H2,1-3H3. The van der Waals surface area contributed by atoms with Crippen molar-refractivity contribution in [2.45, 2.75) is 46.0 Å². The smallest absolute Gasteiger partial charge is 0.177 e. The lowest BCUT2D eigenvalue weighted by atomic mass is 9.94. The first-order valence-corrected chi connectivity index (χ1v) is 10.1. The van der Waals surface area contributed by atoms with Gasteiger partial charge in [0.2, 0.25) is 0 Å². The van der Waals surface area contributed by atoms with Crippen LogP contribution in [0, 0.1) is 6.92 Å². The molecular weight excluding hydrogens is 356 g/mol. The Morgan fingerprint density at radius 2 is 1.78 bits per heavy atom. The SMILES string of the molecule is Cc1nc2c(N3CCCCC3)nnc(-c3ccccc3C(C)C)c2cc1Cl. The van der Waals surface area contributed by atoms with E-state index in [-0.39, 0.29) is 0 Å². The Kier molecular flexibility index (Phi) is 5.00. The van der Waals surface area contributed by atoms with Crippen LogP contribution >= 0.6 is 11.6 Å². The lowest BCUT2D eigenvalue weighted by Crippen LogP contribution is -2.30. The second-order valence-electron chi connectivity index (χ2n) is 7.61. The van der Waals surface area contributed by atoms with Gasteiger partial charge in [-0.05, 0) is 43.7 Å². The zero-order valence-corrected chi connectivity index (χ0v) is 16.9. The Hall–Kier alpha value is -2.20. The Balaban J connectivity index is 1.97. The third kappa shape index (κ3) is 3.39. The number of anilines is 1. The fourth-order valence-electron chi connectivity index (χ4n) is 3.86. The number of nitrogens with zero attached hydrogens (tertiary/aromatic N) is 4. The first-order chi connectivity index (χ1) is 13.1. The largest absolute Gasteiger partial charge is 0.353 e. The molecule has 1 fully saturated rings. The molecule has 0 saturated carbocycles. The number of fused-ring (bicyclic) bond motifs is 1. The number of rotatable bonds is 3. The van der Waals surface area contributed by atoms with Crippen molar-refractivity contribution in [3.63, 3.8) is 0 Å². The van der Waals surface area contributed by atoms with E-state index in [0.29, 0.717) is 10.9 Å². The number of benzene rings is 1. The van der Waals surface area contributed by atoms with Crippen molar-refractivity contribution in [3.05, 3.63) is 46.6 Å². The molecule has 1 aliphatic rings. The number of piperidine rings is 1. The van der Waals surface area contributed by atoms with Gasteiger partial charge in [-0.25, -0.2) is 4.98 Å². The van der Waals surface area contributed by atoms with Crippen molar-refractivity contribution in [1.29, 1.82) is 0 Å². The summed E-state index contributed by atoms with van der Waals surface area (Å²) in [5.74, 6) is 1.28. The minimum absolute atomic E-state index is 0.397. The van der Waals surface area contributed by atoms with Crippen LogP contribution in [-0.2, 0) is 0 Å². The molecule has 1 saturated heterocycles. The van der Waals surface area contributed by atoms with Gasteiger partial charge in [0, 0.05) is 24.0 Å². The second-order valence-corrected chi connectivity index (χ2v) is 8.02. The fraction of sp³-hybridized carbons (Fsp3) is 0.409. The zero-order chi connectivity index (χ0) is 19.0. The molecule has 0 amide bonds. The minimum atomic E-state index is 0.397. The van der Waals surface area contributed by atoms with Crippen LogP contribution in [0.25, 0.3) is 22.2 Å². The third-order valence-corrected chi connectivity index (χ3v) is 5.74. The lowest BCUT2D eigenvalue weighted by molar-refractivity contribution is 0.572. The first-order valence-electron chi connectivity index (χ1n) is 9.74. The topological polar surface area (TPSA) is 41.9 Å². The van der Waals surface area contributed by atoms with Gasteiger partial charge in [-0.1, -0.05) is 49.7 Å². The Morgan fingerprint density at radius 1 is 1.04 bits per heavy atom. The molecule has 0 spiro atoms. The van der Waals surface area contributed by atoms with Crippen molar-refractivity contribution < 1.29 is 0 Å². The van der Waals surface area contributed by atoms with Crippen LogP contribution in [0.3, 0.4) is 0 Å². The molecular formula is C22H25ClN4. The molecule has 4 nitrogen and oxygen atoms in total. The van der Waals surface area contributed by atoms with E-state index in [9.17, 15) is 0 Å². The molecule has 0 N–H and O–H groups in total. The number of aryl methyl sites for hydroxylation is 1. The summed E-state index contributed by atoms with van der Waals surface area (Å²) in [6.45, 7) is 8.37. The Morgan fingerprint density at radius 3 is 2.52 bits per heavy atom. The van der Waals surface area contributed by atoms with E-state index < -0.39 is 0 Å². The summed E-state index contributed by atoms with van der Waals surface area (Å²) in [7, 11) is 0. The van der Waals surface area contributed by atoms with E-state index >= 15 is 0 Å². The molecule has 0 unspecified atom stereocenters. The summed E-state index contributed by atoms with van der Waals surface area (Å²) in [4.78, 5) is 7.15. The molecule has 5 heteroatoms. The van der Waals surface area contributed by atoms with Crippen LogP contribution in [0.15, 0.2) is 30.3 Å². The van der Waals surface area contributed by atoms with E-state index in [1.54, 1.807) is 0 Å². The fourth-order valence-corrected chi connectivity index (χ4v) is 4.02. The second kappa shape index (κ2) is 7.43. The van der Waals surface area contributed by atoms with Gasteiger partial charge in [0.15, 0.2) is 5.82 Å². The molecule has 1 aliphatic heterocycles. The Bertz CT molecular complexity index is 977. The monoisotopic (exact) mass is 380 g/mol. The Labute approximate surface area is 165 Å². The molecule has 1 aromatic carbocycles. The number of pyridine rings is 1. The van der Waals surface area contributed by atoms with Crippen molar-refractivity contribution in [2.75, 3.05) is 18.0 Å². The maximum Gasteiger partial charge on any atom is 0.177 e. The van der Waals surface area contributed by atoms with Gasteiger partial charge in [0.1, 0.15) is 11.2 Å². The van der Waals surface area contributed by atoms with Gasteiger partial charge in [-0.3, -0.25) is 0 Å². The highest BCUT2D eigenvalue weighted by atomic mass is 35.5. The number of halogens is 1. The quantitative estimate of drug-likeness (QED) is 0.578. The molecule has 0 atom stereocenters. The summed E-state index contributed by atoms with van der Waals surface area (Å²) in [5.41, 5.74) is 4.97.